The molecule has 2 rings (SSSR count). The predicted octanol–water partition coefficient (Wildman–Crippen LogP) is 1.83. The Morgan fingerprint density at radius 2 is 1.83 bits per heavy atom. The summed E-state index contributed by atoms with van der Waals surface area (Å²) in [6, 6.07) is 3.88. The van der Waals surface area contributed by atoms with Crippen molar-refractivity contribution < 1.29 is 22.8 Å². The van der Waals surface area contributed by atoms with E-state index in [0.717, 1.165) is 18.6 Å². The summed E-state index contributed by atoms with van der Waals surface area (Å²) >= 11 is 0. The lowest BCUT2D eigenvalue weighted by atomic mass is 10.0. The van der Waals surface area contributed by atoms with Gasteiger partial charge in [0.25, 0.3) is 5.91 Å². The van der Waals surface area contributed by atoms with Crippen molar-refractivity contribution in [3.8, 4) is 11.8 Å². The molecule has 1 aromatic rings. The summed E-state index contributed by atoms with van der Waals surface area (Å²) in [4.78, 5) is 23.0. The summed E-state index contributed by atoms with van der Waals surface area (Å²) in [5.74, 6) is 3.37. The number of rotatable bonds is 2. The first kappa shape index (κ1) is 16.9. The van der Waals surface area contributed by atoms with Crippen LogP contribution in [0.25, 0.3) is 0 Å². The van der Waals surface area contributed by atoms with E-state index in [4.69, 9.17) is 5.73 Å². The molecule has 0 unspecified atom stereocenters. The van der Waals surface area contributed by atoms with Crippen LogP contribution >= 0.6 is 0 Å². The molecule has 0 radical (unpaired) electrons. The van der Waals surface area contributed by atoms with E-state index in [0.29, 0.717) is 18.4 Å². The number of benzene rings is 1. The van der Waals surface area contributed by atoms with E-state index in [1.165, 1.54) is 12.1 Å². The van der Waals surface area contributed by atoms with E-state index < -0.39 is 29.5 Å². The lowest BCUT2D eigenvalue weighted by Gasteiger charge is -2.16. The van der Waals surface area contributed by atoms with Gasteiger partial charge in [0.1, 0.15) is 0 Å². The van der Waals surface area contributed by atoms with Gasteiger partial charge in [-0.15, -0.1) is 0 Å². The lowest BCUT2D eigenvalue weighted by Crippen LogP contribution is -2.41. The zero-order chi connectivity index (χ0) is 17.0. The zero-order valence-electron chi connectivity index (χ0n) is 12.1. The molecule has 0 aliphatic heterocycles. The lowest BCUT2D eigenvalue weighted by molar-refractivity contribution is -0.137. The van der Waals surface area contributed by atoms with Gasteiger partial charge in [0.05, 0.1) is 11.5 Å². The van der Waals surface area contributed by atoms with Crippen molar-refractivity contribution in [2.45, 2.75) is 31.5 Å². The van der Waals surface area contributed by atoms with E-state index >= 15 is 0 Å². The van der Waals surface area contributed by atoms with Crippen LogP contribution in [0.1, 0.15) is 30.4 Å². The van der Waals surface area contributed by atoms with Crippen molar-refractivity contribution in [3.05, 3.63) is 35.4 Å². The quantitative estimate of drug-likeness (QED) is 0.815. The third-order valence-electron chi connectivity index (χ3n) is 3.73. The highest BCUT2D eigenvalue weighted by molar-refractivity contribution is 5.94. The Kier molecular flexibility index (Phi) is 4.94. The fourth-order valence-corrected chi connectivity index (χ4v) is 2.55. The Labute approximate surface area is 131 Å². The van der Waals surface area contributed by atoms with Gasteiger partial charge in [0.2, 0.25) is 5.91 Å². The molecule has 3 N–H and O–H groups in total. The molecule has 0 spiro atoms. The maximum atomic E-state index is 12.4. The summed E-state index contributed by atoms with van der Waals surface area (Å²) in [5.41, 5.74) is 4.78. The Hall–Kier alpha value is -2.49. The fraction of sp³-hybridized carbons (Fsp3) is 0.375. The molecule has 0 bridgehead atoms. The number of halogens is 3. The van der Waals surface area contributed by atoms with Crippen molar-refractivity contribution in [1.82, 2.24) is 5.32 Å². The van der Waals surface area contributed by atoms with Gasteiger partial charge in [-0.2, -0.15) is 13.2 Å². The Balaban J connectivity index is 1.98. The summed E-state index contributed by atoms with van der Waals surface area (Å²) in [7, 11) is 0. The summed E-state index contributed by atoms with van der Waals surface area (Å²) in [6.07, 6.45) is -2.33. The monoisotopic (exact) mass is 324 g/mol. The van der Waals surface area contributed by atoms with Crippen LogP contribution in [0.4, 0.5) is 13.2 Å². The van der Waals surface area contributed by atoms with Crippen LogP contribution in [-0.4, -0.2) is 17.9 Å². The van der Waals surface area contributed by atoms with Crippen molar-refractivity contribution in [2.24, 2.45) is 11.7 Å². The van der Waals surface area contributed by atoms with Crippen LogP contribution in [-0.2, 0) is 15.8 Å². The minimum absolute atomic E-state index is 0.297. The SMILES string of the molecule is NC(=O)[C@@H]1CCC[C@@H]1NC(=O)C#Cc1ccc(C(F)(F)F)cc1. The van der Waals surface area contributed by atoms with E-state index in [1.54, 1.807) is 0 Å². The Bertz CT molecular complexity index is 657. The number of primary amides is 1. The van der Waals surface area contributed by atoms with Crippen LogP contribution in [0, 0.1) is 17.8 Å². The number of hydrogen-bond donors (Lipinski definition) is 2. The molecule has 2 atom stereocenters. The third kappa shape index (κ3) is 4.49. The molecule has 1 saturated carbocycles. The maximum Gasteiger partial charge on any atom is 0.416 e. The second kappa shape index (κ2) is 6.73. The highest BCUT2D eigenvalue weighted by Crippen LogP contribution is 2.29. The molecule has 122 valence electrons. The largest absolute Gasteiger partial charge is 0.416 e. The zero-order valence-corrected chi connectivity index (χ0v) is 12.1. The van der Waals surface area contributed by atoms with Gasteiger partial charge in [-0.3, -0.25) is 9.59 Å². The molecule has 23 heavy (non-hydrogen) atoms. The number of carbonyl (C=O) groups is 2. The second-order valence-corrected chi connectivity index (χ2v) is 5.34. The predicted molar refractivity (Wildman–Crippen MR) is 76.8 cm³/mol. The normalized spacial score (nSPS) is 20.5. The molecule has 1 aliphatic rings. The van der Waals surface area contributed by atoms with Gasteiger partial charge in [0.15, 0.2) is 0 Å². The van der Waals surface area contributed by atoms with Crippen molar-refractivity contribution in [2.75, 3.05) is 0 Å². The van der Waals surface area contributed by atoms with Gasteiger partial charge < -0.3 is 11.1 Å². The first-order valence-corrected chi connectivity index (χ1v) is 7.06. The van der Waals surface area contributed by atoms with Crippen LogP contribution in [0.5, 0.6) is 0 Å². The molecule has 1 aliphatic carbocycles. The molecular formula is C16H15F3N2O2. The highest BCUT2D eigenvalue weighted by Gasteiger charge is 2.32. The number of nitrogens with one attached hydrogen (secondary N) is 1. The van der Waals surface area contributed by atoms with Crippen LogP contribution < -0.4 is 11.1 Å². The van der Waals surface area contributed by atoms with Gasteiger partial charge in [-0.25, -0.2) is 0 Å². The minimum Gasteiger partial charge on any atom is -0.369 e. The molecule has 4 nitrogen and oxygen atoms in total. The number of carbonyl (C=O) groups excluding carboxylic acids is 2. The average molecular weight is 324 g/mol. The standard InChI is InChI=1S/C16H15F3N2O2/c17-16(18,19)11-7-4-10(5-8-11)6-9-14(22)21-13-3-1-2-12(13)15(20)23/h4-5,7-8,12-13H,1-3H2,(H2,20,23)(H,21,22)/t12-,13+/m1/s1. The first-order chi connectivity index (χ1) is 10.8. The summed E-state index contributed by atoms with van der Waals surface area (Å²) in [6.45, 7) is 0. The van der Waals surface area contributed by atoms with E-state index in [1.807, 2.05) is 0 Å². The molecule has 1 fully saturated rings. The molecule has 2 amide bonds. The summed E-state index contributed by atoms with van der Waals surface area (Å²) < 4.78 is 37.3. The molecule has 0 aromatic heterocycles. The van der Waals surface area contributed by atoms with E-state index in [2.05, 4.69) is 17.2 Å². The number of nitrogens with two attached hydrogens (primary N) is 1. The number of alkyl halides is 3. The molecular weight excluding hydrogens is 309 g/mol. The maximum absolute atomic E-state index is 12.4. The van der Waals surface area contributed by atoms with Gasteiger partial charge >= 0.3 is 6.18 Å². The minimum atomic E-state index is -4.41. The van der Waals surface area contributed by atoms with Crippen LogP contribution in [0.15, 0.2) is 24.3 Å². The van der Waals surface area contributed by atoms with Gasteiger partial charge in [-0.1, -0.05) is 12.3 Å². The van der Waals surface area contributed by atoms with E-state index in [-0.39, 0.29) is 6.04 Å². The average Bonchev–Trinajstić information content (AvgIpc) is 2.93. The van der Waals surface area contributed by atoms with E-state index in [9.17, 15) is 22.8 Å². The molecule has 0 saturated heterocycles. The smallest absolute Gasteiger partial charge is 0.369 e. The Morgan fingerprint density at radius 3 is 2.39 bits per heavy atom. The molecule has 0 heterocycles. The van der Waals surface area contributed by atoms with Gasteiger partial charge in [-0.05, 0) is 37.1 Å². The van der Waals surface area contributed by atoms with Crippen molar-refractivity contribution in [1.29, 1.82) is 0 Å². The number of amides is 2. The Morgan fingerprint density at radius 1 is 1.17 bits per heavy atom. The fourth-order valence-electron chi connectivity index (χ4n) is 2.55. The van der Waals surface area contributed by atoms with Crippen molar-refractivity contribution in [3.63, 3.8) is 0 Å². The van der Waals surface area contributed by atoms with Crippen molar-refractivity contribution >= 4 is 11.8 Å². The molecule has 7 heteroatoms. The third-order valence-corrected chi connectivity index (χ3v) is 3.73. The first-order valence-electron chi connectivity index (χ1n) is 7.06. The molecule has 1 aromatic carbocycles. The topological polar surface area (TPSA) is 72.2 Å². The summed E-state index contributed by atoms with van der Waals surface area (Å²) in [5, 5.41) is 2.62. The second-order valence-electron chi connectivity index (χ2n) is 5.34. The van der Waals surface area contributed by atoms with Crippen LogP contribution in [0.3, 0.4) is 0 Å². The van der Waals surface area contributed by atoms with Gasteiger partial charge in [0, 0.05) is 17.5 Å². The van der Waals surface area contributed by atoms with Crippen LogP contribution in [0.2, 0.25) is 0 Å². The highest BCUT2D eigenvalue weighted by atomic mass is 19.4. The number of hydrogen-bond acceptors (Lipinski definition) is 2.